The van der Waals surface area contributed by atoms with Crippen molar-refractivity contribution in [2.75, 3.05) is 0 Å². The van der Waals surface area contributed by atoms with E-state index in [2.05, 4.69) is 10.0 Å². The minimum atomic E-state index is -0.915. The van der Waals surface area contributed by atoms with E-state index in [1.54, 1.807) is 30.3 Å². The van der Waals surface area contributed by atoms with E-state index >= 15 is 0 Å². The molecule has 0 aliphatic heterocycles. The summed E-state index contributed by atoms with van der Waals surface area (Å²) in [7, 11) is 0. The third-order valence-electron chi connectivity index (χ3n) is 2.28. The van der Waals surface area contributed by atoms with E-state index in [1.165, 1.54) is 12.3 Å². The number of carbonyl (C=O) groups excluding carboxylic acids is 2. The molecule has 0 unspecified atom stereocenters. The van der Waals surface area contributed by atoms with Crippen LogP contribution in [0.25, 0.3) is 10.4 Å². The van der Waals surface area contributed by atoms with Crippen molar-refractivity contribution in [2.24, 2.45) is 5.11 Å². The lowest BCUT2D eigenvalue weighted by Gasteiger charge is -1.99. The van der Waals surface area contributed by atoms with Crippen molar-refractivity contribution in [1.29, 1.82) is 0 Å². The fourth-order valence-corrected chi connectivity index (χ4v) is 1.48. The Bertz CT molecular complexity index is 640. The molecule has 1 aromatic carbocycles. The summed E-state index contributed by atoms with van der Waals surface area (Å²) in [5, 5.41) is 2.90. The third-order valence-corrected chi connectivity index (χ3v) is 2.28. The van der Waals surface area contributed by atoms with Gasteiger partial charge in [0.05, 0.1) is 11.8 Å². The zero-order valence-electron chi connectivity index (χ0n) is 9.11. The Morgan fingerprint density at radius 2 is 1.89 bits per heavy atom. The molecular weight excluding hydrogens is 234 g/mol. The first-order valence-corrected chi connectivity index (χ1v) is 5.00. The smallest absolute Gasteiger partial charge is 0.284 e. The van der Waals surface area contributed by atoms with E-state index in [4.69, 9.17) is 9.95 Å². The van der Waals surface area contributed by atoms with E-state index in [-0.39, 0.29) is 17.1 Å². The number of benzene rings is 1. The monoisotopic (exact) mass is 241 g/mol. The van der Waals surface area contributed by atoms with Gasteiger partial charge in [-0.1, -0.05) is 30.3 Å². The van der Waals surface area contributed by atoms with Gasteiger partial charge in [-0.2, -0.15) is 0 Å². The first kappa shape index (κ1) is 11.6. The van der Waals surface area contributed by atoms with Crippen molar-refractivity contribution in [1.82, 2.24) is 0 Å². The normalized spacial score (nSPS) is 9.56. The lowest BCUT2D eigenvalue weighted by atomic mass is 10.0. The van der Waals surface area contributed by atoms with Gasteiger partial charge in [-0.25, -0.2) is 0 Å². The summed E-state index contributed by atoms with van der Waals surface area (Å²) >= 11 is 0. The van der Waals surface area contributed by atoms with Crippen LogP contribution in [0, 0.1) is 0 Å². The average Bonchev–Trinajstić information content (AvgIpc) is 2.88. The van der Waals surface area contributed by atoms with Crippen molar-refractivity contribution in [2.45, 2.75) is 0 Å². The Hall–Kier alpha value is -2.85. The summed E-state index contributed by atoms with van der Waals surface area (Å²) in [6.45, 7) is 0. The SMILES string of the molecule is [N-]=[N+]=NC(=O)c1occc1C(=O)c1ccccc1. The molecule has 0 fully saturated rings. The van der Waals surface area contributed by atoms with Gasteiger partial charge in [0.2, 0.25) is 0 Å². The molecule has 0 aliphatic rings. The Morgan fingerprint density at radius 3 is 2.56 bits per heavy atom. The van der Waals surface area contributed by atoms with Gasteiger partial charge in [-0.15, -0.1) is 0 Å². The van der Waals surface area contributed by atoms with Gasteiger partial charge in [0.25, 0.3) is 5.91 Å². The number of ketones is 1. The number of furan rings is 1. The highest BCUT2D eigenvalue weighted by atomic mass is 16.3. The van der Waals surface area contributed by atoms with Crippen LogP contribution in [0.2, 0.25) is 0 Å². The average molecular weight is 241 g/mol. The van der Waals surface area contributed by atoms with Crippen LogP contribution in [0.5, 0.6) is 0 Å². The van der Waals surface area contributed by atoms with Crippen LogP contribution in [-0.4, -0.2) is 11.7 Å². The van der Waals surface area contributed by atoms with Crippen molar-refractivity contribution in [3.63, 3.8) is 0 Å². The molecule has 2 aromatic rings. The van der Waals surface area contributed by atoms with E-state index in [1.807, 2.05) is 0 Å². The molecule has 0 saturated heterocycles. The van der Waals surface area contributed by atoms with Gasteiger partial charge in [-0.3, -0.25) is 9.59 Å². The van der Waals surface area contributed by atoms with Crippen LogP contribution in [0.4, 0.5) is 0 Å². The number of carbonyl (C=O) groups is 2. The zero-order chi connectivity index (χ0) is 13.0. The molecule has 0 aliphatic carbocycles. The minimum Gasteiger partial charge on any atom is -0.460 e. The maximum atomic E-state index is 12.1. The highest BCUT2D eigenvalue weighted by Gasteiger charge is 2.20. The molecule has 0 bridgehead atoms. The standard InChI is InChI=1S/C12H7N3O3/c13-15-14-12(17)11-9(6-7-18-11)10(16)8-4-2-1-3-5-8/h1-7H. The number of rotatable bonds is 3. The molecule has 18 heavy (non-hydrogen) atoms. The molecule has 6 heteroatoms. The Labute approximate surface area is 101 Å². The summed E-state index contributed by atoms with van der Waals surface area (Å²) in [5.74, 6) is -1.52. The lowest BCUT2D eigenvalue weighted by Crippen LogP contribution is -2.05. The molecule has 0 saturated carbocycles. The van der Waals surface area contributed by atoms with Crippen molar-refractivity contribution in [3.8, 4) is 0 Å². The molecule has 1 aromatic heterocycles. The molecule has 1 heterocycles. The topological polar surface area (TPSA) is 96.0 Å². The molecule has 0 N–H and O–H groups in total. The second-order valence-corrected chi connectivity index (χ2v) is 3.35. The maximum absolute atomic E-state index is 12.1. The number of amides is 1. The molecule has 6 nitrogen and oxygen atoms in total. The first-order chi connectivity index (χ1) is 8.74. The largest absolute Gasteiger partial charge is 0.460 e. The fourth-order valence-electron chi connectivity index (χ4n) is 1.48. The molecule has 2 rings (SSSR count). The van der Waals surface area contributed by atoms with Gasteiger partial charge in [0.1, 0.15) is 0 Å². The molecule has 0 radical (unpaired) electrons. The van der Waals surface area contributed by atoms with Gasteiger partial charge in [0, 0.05) is 10.5 Å². The van der Waals surface area contributed by atoms with Gasteiger partial charge < -0.3 is 4.42 Å². The Morgan fingerprint density at radius 1 is 1.17 bits per heavy atom. The van der Waals surface area contributed by atoms with Crippen LogP contribution in [0.3, 0.4) is 0 Å². The lowest BCUT2D eigenvalue weighted by molar-refractivity contribution is 0.0957. The van der Waals surface area contributed by atoms with E-state index < -0.39 is 5.91 Å². The summed E-state index contributed by atoms with van der Waals surface area (Å²) < 4.78 is 4.89. The van der Waals surface area contributed by atoms with Crippen LogP contribution < -0.4 is 0 Å². The maximum Gasteiger partial charge on any atom is 0.284 e. The van der Waals surface area contributed by atoms with Gasteiger partial charge in [0.15, 0.2) is 11.5 Å². The molecule has 88 valence electrons. The van der Waals surface area contributed by atoms with Gasteiger partial charge >= 0.3 is 0 Å². The van der Waals surface area contributed by atoms with Gasteiger partial charge in [-0.05, 0) is 16.7 Å². The zero-order valence-corrected chi connectivity index (χ0v) is 9.11. The predicted molar refractivity (Wildman–Crippen MR) is 62.1 cm³/mol. The highest BCUT2D eigenvalue weighted by molar-refractivity contribution is 6.14. The van der Waals surface area contributed by atoms with E-state index in [9.17, 15) is 9.59 Å². The predicted octanol–water partition coefficient (Wildman–Crippen LogP) is 2.96. The van der Waals surface area contributed by atoms with Crippen molar-refractivity contribution in [3.05, 3.63) is 70.0 Å². The number of azide groups is 1. The second kappa shape index (κ2) is 4.99. The third kappa shape index (κ3) is 2.14. The number of hydrogen-bond acceptors (Lipinski definition) is 3. The summed E-state index contributed by atoms with van der Waals surface area (Å²) in [6.07, 6.45) is 1.20. The summed E-state index contributed by atoms with van der Waals surface area (Å²) in [5.41, 5.74) is 8.70. The second-order valence-electron chi connectivity index (χ2n) is 3.35. The molecular formula is C12H7N3O3. The molecule has 1 amide bonds. The summed E-state index contributed by atoms with van der Waals surface area (Å²) in [6, 6.07) is 9.81. The fraction of sp³-hybridized carbons (Fsp3) is 0. The Kier molecular flexibility index (Phi) is 3.22. The number of hydrogen-bond donors (Lipinski definition) is 0. The van der Waals surface area contributed by atoms with E-state index in [0.717, 1.165) is 0 Å². The van der Waals surface area contributed by atoms with Crippen molar-refractivity contribution < 1.29 is 14.0 Å². The molecule has 0 spiro atoms. The highest BCUT2D eigenvalue weighted by Crippen LogP contribution is 2.17. The minimum absolute atomic E-state index is 0.0820. The Balaban J connectivity index is 2.41. The van der Waals surface area contributed by atoms with Crippen LogP contribution in [-0.2, 0) is 0 Å². The van der Waals surface area contributed by atoms with Crippen LogP contribution in [0.15, 0.2) is 52.2 Å². The first-order valence-electron chi connectivity index (χ1n) is 5.00. The van der Waals surface area contributed by atoms with Crippen LogP contribution >= 0.6 is 0 Å². The van der Waals surface area contributed by atoms with E-state index in [0.29, 0.717) is 5.56 Å². The van der Waals surface area contributed by atoms with Crippen molar-refractivity contribution >= 4 is 11.7 Å². The molecule has 0 atom stereocenters. The van der Waals surface area contributed by atoms with Crippen LogP contribution in [0.1, 0.15) is 26.5 Å². The quantitative estimate of drug-likeness (QED) is 0.357. The summed E-state index contributed by atoms with van der Waals surface area (Å²) in [4.78, 5) is 25.9. The number of nitrogens with zero attached hydrogens (tertiary/aromatic N) is 3.